The molecule has 0 aliphatic carbocycles. The molecule has 0 fully saturated rings. The molecule has 1 unspecified atom stereocenters. The summed E-state index contributed by atoms with van der Waals surface area (Å²) in [6.45, 7) is 0. The normalized spacial score (nSPS) is 12.4. The number of halogens is 1. The lowest BCUT2D eigenvalue weighted by Gasteiger charge is -2.09. The summed E-state index contributed by atoms with van der Waals surface area (Å²) in [4.78, 5) is 14.8. The van der Waals surface area contributed by atoms with E-state index in [9.17, 15) is 4.79 Å². The van der Waals surface area contributed by atoms with E-state index in [1.54, 1.807) is 13.2 Å². The van der Waals surface area contributed by atoms with Gasteiger partial charge >= 0.3 is 5.97 Å². The molecule has 82 valence electrons. The van der Waals surface area contributed by atoms with Gasteiger partial charge in [0.05, 0.1) is 5.03 Å². The number of hydrogen-bond donors (Lipinski definition) is 2. The highest BCUT2D eigenvalue weighted by Gasteiger charge is 2.14. The first kappa shape index (κ1) is 12.5. The highest BCUT2D eigenvalue weighted by molar-refractivity contribution is 9.10. The Hall–Kier alpha value is -0.590. The van der Waals surface area contributed by atoms with Crippen molar-refractivity contribution in [3.05, 3.63) is 22.8 Å². The van der Waals surface area contributed by atoms with Gasteiger partial charge in [0.25, 0.3) is 0 Å². The Morgan fingerprint density at radius 1 is 1.73 bits per heavy atom. The lowest BCUT2D eigenvalue weighted by atomic mass is 10.3. The van der Waals surface area contributed by atoms with Crippen LogP contribution in [0, 0.1) is 0 Å². The van der Waals surface area contributed by atoms with Gasteiger partial charge in [-0.05, 0) is 35.1 Å². The Kier molecular flexibility index (Phi) is 5.07. The molecule has 0 saturated carbocycles. The van der Waals surface area contributed by atoms with Gasteiger partial charge in [0.2, 0.25) is 0 Å². The van der Waals surface area contributed by atoms with E-state index in [4.69, 9.17) is 5.11 Å². The monoisotopic (exact) mass is 290 g/mol. The van der Waals surface area contributed by atoms with Crippen LogP contribution in [0.15, 0.2) is 27.8 Å². The summed E-state index contributed by atoms with van der Waals surface area (Å²) in [5.74, 6) is -0.386. The molecule has 4 nitrogen and oxygen atoms in total. The molecule has 1 aromatic rings. The summed E-state index contributed by atoms with van der Waals surface area (Å²) in [6, 6.07) is 3.19. The van der Waals surface area contributed by atoms with Gasteiger partial charge in [-0.2, -0.15) is 0 Å². The van der Waals surface area contributed by atoms with Crippen molar-refractivity contribution < 1.29 is 9.90 Å². The van der Waals surface area contributed by atoms with Gasteiger partial charge in [-0.15, -0.1) is 11.8 Å². The Morgan fingerprint density at radius 3 is 2.93 bits per heavy atom. The van der Waals surface area contributed by atoms with Gasteiger partial charge in [-0.3, -0.25) is 4.79 Å². The van der Waals surface area contributed by atoms with E-state index in [2.05, 4.69) is 26.2 Å². The minimum Gasteiger partial charge on any atom is -0.480 e. The summed E-state index contributed by atoms with van der Waals surface area (Å²) in [6.07, 6.45) is 1.69. The van der Waals surface area contributed by atoms with E-state index >= 15 is 0 Å². The Labute approximate surface area is 101 Å². The maximum absolute atomic E-state index is 10.7. The van der Waals surface area contributed by atoms with E-state index in [1.165, 1.54) is 11.8 Å². The Morgan fingerprint density at radius 2 is 2.47 bits per heavy atom. The van der Waals surface area contributed by atoms with Crippen LogP contribution in [-0.4, -0.2) is 34.9 Å². The number of carboxylic acid groups (broad SMARTS) is 1. The lowest BCUT2D eigenvalue weighted by Crippen LogP contribution is -2.35. The second kappa shape index (κ2) is 6.09. The summed E-state index contributed by atoms with van der Waals surface area (Å²) in [5.41, 5.74) is 0. The van der Waals surface area contributed by atoms with Crippen molar-refractivity contribution in [2.24, 2.45) is 0 Å². The average molecular weight is 291 g/mol. The second-order valence-corrected chi connectivity index (χ2v) is 4.76. The first-order chi connectivity index (χ1) is 7.13. The summed E-state index contributed by atoms with van der Waals surface area (Å²) in [7, 11) is 1.63. The molecule has 0 radical (unpaired) electrons. The van der Waals surface area contributed by atoms with Crippen LogP contribution >= 0.6 is 27.7 Å². The number of rotatable bonds is 5. The number of thioether (sulfide) groups is 1. The van der Waals surface area contributed by atoms with Crippen molar-refractivity contribution >= 4 is 33.7 Å². The van der Waals surface area contributed by atoms with E-state index in [1.807, 2.05) is 12.1 Å². The van der Waals surface area contributed by atoms with Crippen LogP contribution in [-0.2, 0) is 4.79 Å². The third-order valence-corrected chi connectivity index (χ3v) is 3.25. The predicted octanol–water partition coefficient (Wildman–Crippen LogP) is 1.61. The first-order valence-corrected chi connectivity index (χ1v) is 6.05. The second-order valence-electron chi connectivity index (χ2n) is 2.81. The van der Waals surface area contributed by atoms with Crippen molar-refractivity contribution in [3.63, 3.8) is 0 Å². The number of aromatic nitrogens is 1. The molecule has 2 N–H and O–H groups in total. The van der Waals surface area contributed by atoms with Crippen LogP contribution in [0.25, 0.3) is 0 Å². The fourth-order valence-corrected chi connectivity index (χ4v) is 2.07. The van der Waals surface area contributed by atoms with Gasteiger partial charge in [0.1, 0.15) is 6.04 Å². The third-order valence-electron chi connectivity index (χ3n) is 1.74. The fraction of sp³-hybridized carbons (Fsp3) is 0.333. The number of pyridine rings is 1. The summed E-state index contributed by atoms with van der Waals surface area (Å²) < 4.78 is 0.912. The van der Waals surface area contributed by atoms with Crippen molar-refractivity contribution in [1.82, 2.24) is 10.3 Å². The quantitative estimate of drug-likeness (QED) is 0.807. The molecule has 1 heterocycles. The van der Waals surface area contributed by atoms with Crippen LogP contribution in [0.3, 0.4) is 0 Å². The number of aliphatic carboxylic acids is 1. The molecule has 0 aromatic carbocycles. The van der Waals surface area contributed by atoms with E-state index in [0.717, 1.165) is 9.50 Å². The zero-order chi connectivity index (χ0) is 11.3. The molecule has 1 atom stereocenters. The van der Waals surface area contributed by atoms with Crippen molar-refractivity contribution in [3.8, 4) is 0 Å². The molecule has 0 spiro atoms. The molecule has 1 aromatic heterocycles. The standard InChI is InChI=1S/C9H11BrN2O2S/c1-11-7(9(13)14)5-15-8-3-2-6(10)4-12-8/h2-4,7,11H,5H2,1H3,(H,13,14). The third kappa shape index (κ3) is 4.19. The molecule has 1 rings (SSSR count). The minimum atomic E-state index is -0.845. The Balaban J connectivity index is 2.49. The summed E-state index contributed by atoms with van der Waals surface area (Å²) >= 11 is 4.70. The van der Waals surface area contributed by atoms with E-state index in [-0.39, 0.29) is 0 Å². The largest absolute Gasteiger partial charge is 0.480 e. The maximum atomic E-state index is 10.7. The fourth-order valence-electron chi connectivity index (χ4n) is 0.894. The van der Waals surface area contributed by atoms with Crippen LogP contribution in [0.1, 0.15) is 0 Å². The maximum Gasteiger partial charge on any atom is 0.321 e. The van der Waals surface area contributed by atoms with E-state index in [0.29, 0.717) is 5.75 Å². The van der Waals surface area contributed by atoms with Gasteiger partial charge in [0, 0.05) is 16.4 Å². The molecule has 0 amide bonds. The molecule has 0 bridgehead atoms. The minimum absolute atomic E-state index is 0.459. The van der Waals surface area contributed by atoms with Crippen LogP contribution < -0.4 is 5.32 Å². The Bertz CT molecular complexity index is 331. The highest BCUT2D eigenvalue weighted by Crippen LogP contribution is 2.18. The molecule has 0 aliphatic heterocycles. The predicted molar refractivity (Wildman–Crippen MR) is 63.1 cm³/mol. The lowest BCUT2D eigenvalue weighted by molar-refractivity contribution is -0.138. The zero-order valence-electron chi connectivity index (χ0n) is 8.11. The molecular formula is C9H11BrN2O2S. The van der Waals surface area contributed by atoms with Gasteiger partial charge in [-0.1, -0.05) is 0 Å². The van der Waals surface area contributed by atoms with Crippen molar-refractivity contribution in [2.75, 3.05) is 12.8 Å². The average Bonchev–Trinajstić information content (AvgIpc) is 2.21. The molecule has 0 saturated heterocycles. The summed E-state index contributed by atoms with van der Waals surface area (Å²) in [5, 5.41) is 12.3. The van der Waals surface area contributed by atoms with E-state index < -0.39 is 12.0 Å². The number of nitrogens with one attached hydrogen (secondary N) is 1. The number of hydrogen-bond acceptors (Lipinski definition) is 4. The van der Waals surface area contributed by atoms with Crippen molar-refractivity contribution in [2.45, 2.75) is 11.1 Å². The molecule has 0 aliphatic rings. The smallest absolute Gasteiger partial charge is 0.321 e. The topological polar surface area (TPSA) is 62.2 Å². The van der Waals surface area contributed by atoms with Crippen LogP contribution in [0.2, 0.25) is 0 Å². The van der Waals surface area contributed by atoms with Crippen LogP contribution in [0.4, 0.5) is 0 Å². The number of carbonyl (C=O) groups is 1. The molecule has 6 heteroatoms. The van der Waals surface area contributed by atoms with Crippen LogP contribution in [0.5, 0.6) is 0 Å². The van der Waals surface area contributed by atoms with Crippen molar-refractivity contribution in [1.29, 1.82) is 0 Å². The molecule has 15 heavy (non-hydrogen) atoms. The SMILES string of the molecule is CNC(CSc1ccc(Br)cn1)C(=O)O. The van der Waals surface area contributed by atoms with Gasteiger partial charge < -0.3 is 10.4 Å². The highest BCUT2D eigenvalue weighted by atomic mass is 79.9. The first-order valence-electron chi connectivity index (χ1n) is 4.28. The van der Waals surface area contributed by atoms with Gasteiger partial charge in [-0.25, -0.2) is 4.98 Å². The number of likely N-dealkylation sites (N-methyl/N-ethyl adjacent to an activating group) is 1. The number of carboxylic acids is 1. The number of nitrogens with zero attached hydrogens (tertiary/aromatic N) is 1. The molecular weight excluding hydrogens is 280 g/mol. The van der Waals surface area contributed by atoms with Gasteiger partial charge in [0.15, 0.2) is 0 Å². The zero-order valence-corrected chi connectivity index (χ0v) is 10.5.